The van der Waals surface area contributed by atoms with E-state index in [0.29, 0.717) is 18.6 Å². The number of esters is 1. The minimum absolute atomic E-state index is 0.0173. The molecule has 2 aromatic heterocycles. The van der Waals surface area contributed by atoms with Crippen LogP contribution in [-0.4, -0.2) is 32.6 Å². The molecule has 0 aliphatic carbocycles. The van der Waals surface area contributed by atoms with Gasteiger partial charge in [-0.3, -0.25) is 4.79 Å². The molecular weight excluding hydrogens is 530 g/mol. The number of ether oxygens (including phenoxy) is 2. The number of aliphatic hydroxyl groups excluding tert-OH is 1. The summed E-state index contributed by atoms with van der Waals surface area (Å²) in [5.41, 5.74) is 1.13. The summed E-state index contributed by atoms with van der Waals surface area (Å²) in [5.74, 6) is -6.13. The first kappa shape index (κ1) is 26.9. The molecule has 0 aliphatic heterocycles. The number of aryl methyl sites for hydroxylation is 1. The van der Waals surface area contributed by atoms with Crippen molar-refractivity contribution in [2.24, 2.45) is 0 Å². The maximum absolute atomic E-state index is 14.8. The molecule has 1 atom stereocenters. The van der Waals surface area contributed by atoms with Gasteiger partial charge in [-0.25, -0.2) is 18.2 Å². The lowest BCUT2D eigenvalue weighted by Gasteiger charge is -2.12. The molecule has 3 aromatic carbocycles. The molecule has 206 valence electrons. The molecule has 11 heteroatoms. The van der Waals surface area contributed by atoms with Crippen LogP contribution in [0.3, 0.4) is 0 Å². The van der Waals surface area contributed by atoms with E-state index in [1.54, 1.807) is 25.1 Å². The second-order valence-electron chi connectivity index (χ2n) is 8.92. The number of hydrogen-bond acceptors (Lipinski definition) is 5. The molecule has 0 saturated heterocycles. The minimum atomic E-state index is -1.54. The Kier molecular flexibility index (Phi) is 7.56. The van der Waals surface area contributed by atoms with Gasteiger partial charge in [0.15, 0.2) is 11.6 Å². The van der Waals surface area contributed by atoms with Crippen molar-refractivity contribution in [3.8, 4) is 22.9 Å². The van der Waals surface area contributed by atoms with Crippen LogP contribution in [-0.2, 0) is 16.0 Å². The van der Waals surface area contributed by atoms with Crippen LogP contribution in [0.15, 0.2) is 60.9 Å². The van der Waals surface area contributed by atoms with Crippen LogP contribution in [0.4, 0.5) is 17.6 Å². The molecule has 7 nitrogen and oxygen atoms in total. The van der Waals surface area contributed by atoms with E-state index < -0.39 is 35.1 Å². The van der Waals surface area contributed by atoms with Gasteiger partial charge in [-0.15, -0.1) is 0 Å². The number of nitrogens with zero attached hydrogens (tertiary/aromatic N) is 1. The number of fused-ring (bicyclic) bond motifs is 1. The molecule has 5 rings (SSSR count). The summed E-state index contributed by atoms with van der Waals surface area (Å²) < 4.78 is 68.8. The summed E-state index contributed by atoms with van der Waals surface area (Å²) in [7, 11) is 0. The maximum atomic E-state index is 14.8. The summed E-state index contributed by atoms with van der Waals surface area (Å²) in [6.45, 7) is 2.03. The highest BCUT2D eigenvalue weighted by atomic mass is 19.2. The summed E-state index contributed by atoms with van der Waals surface area (Å²) in [6.07, 6.45) is 2.06. The molecule has 0 amide bonds. The van der Waals surface area contributed by atoms with Crippen molar-refractivity contribution in [1.82, 2.24) is 15.0 Å². The molecule has 0 bridgehead atoms. The van der Waals surface area contributed by atoms with Gasteiger partial charge in [0.05, 0.1) is 29.6 Å². The average molecular weight is 554 g/mol. The second kappa shape index (κ2) is 11.2. The molecule has 1 unspecified atom stereocenters. The fraction of sp³-hybridized carbons (Fsp3) is 0.172. The largest absolute Gasteiger partial charge is 0.466 e. The normalized spacial score (nSPS) is 12.1. The van der Waals surface area contributed by atoms with Crippen molar-refractivity contribution in [1.29, 1.82) is 0 Å². The van der Waals surface area contributed by atoms with E-state index >= 15 is 0 Å². The van der Waals surface area contributed by atoms with Gasteiger partial charge in [-0.2, -0.15) is 4.39 Å². The fourth-order valence-electron chi connectivity index (χ4n) is 4.31. The van der Waals surface area contributed by atoms with Gasteiger partial charge in [0, 0.05) is 18.0 Å². The maximum Gasteiger partial charge on any atom is 0.306 e. The smallest absolute Gasteiger partial charge is 0.306 e. The third-order valence-electron chi connectivity index (χ3n) is 6.29. The van der Waals surface area contributed by atoms with Crippen molar-refractivity contribution in [3.05, 3.63) is 101 Å². The van der Waals surface area contributed by atoms with Crippen LogP contribution in [0, 0.1) is 23.3 Å². The Balaban J connectivity index is 1.38. The Morgan fingerprint density at radius 1 is 1.05 bits per heavy atom. The summed E-state index contributed by atoms with van der Waals surface area (Å²) in [6, 6.07) is 11.5. The molecular formula is C29H23F4N3O4. The number of rotatable bonds is 9. The van der Waals surface area contributed by atoms with Crippen molar-refractivity contribution in [2.75, 3.05) is 6.61 Å². The molecule has 3 N–H and O–H groups in total. The van der Waals surface area contributed by atoms with Crippen LogP contribution in [0.2, 0.25) is 0 Å². The zero-order chi connectivity index (χ0) is 28.4. The predicted molar refractivity (Wildman–Crippen MR) is 138 cm³/mol. The first-order chi connectivity index (χ1) is 19.3. The highest BCUT2D eigenvalue weighted by Crippen LogP contribution is 2.36. The van der Waals surface area contributed by atoms with E-state index in [1.165, 1.54) is 18.5 Å². The third kappa shape index (κ3) is 5.28. The number of nitrogens with one attached hydrogen (secondary N) is 2. The van der Waals surface area contributed by atoms with Crippen LogP contribution in [0.1, 0.15) is 36.3 Å². The van der Waals surface area contributed by atoms with Gasteiger partial charge in [-0.1, -0.05) is 24.3 Å². The van der Waals surface area contributed by atoms with Crippen molar-refractivity contribution in [3.63, 3.8) is 0 Å². The third-order valence-corrected chi connectivity index (χ3v) is 6.29. The molecule has 40 heavy (non-hydrogen) atoms. The number of benzene rings is 3. The lowest BCUT2D eigenvalue weighted by atomic mass is 10.0. The van der Waals surface area contributed by atoms with E-state index in [1.807, 2.05) is 6.07 Å². The van der Waals surface area contributed by atoms with E-state index in [9.17, 15) is 27.5 Å². The number of halogens is 4. The van der Waals surface area contributed by atoms with Crippen molar-refractivity contribution in [2.45, 2.75) is 25.9 Å². The summed E-state index contributed by atoms with van der Waals surface area (Å²) in [4.78, 5) is 21.1. The SMILES string of the molecule is CCOC(=O)CCc1cccc(C(O)c2cnc(-c3cc(Oc4c(F)c(F)c5[nH]ccc5c4F)ccc3F)[nH]2)c1. The molecule has 5 aromatic rings. The Morgan fingerprint density at radius 2 is 1.88 bits per heavy atom. The monoisotopic (exact) mass is 553 g/mol. The zero-order valence-electron chi connectivity index (χ0n) is 21.1. The second-order valence-corrected chi connectivity index (χ2v) is 8.92. The zero-order valence-corrected chi connectivity index (χ0v) is 21.1. The van der Waals surface area contributed by atoms with E-state index in [0.717, 1.165) is 23.8 Å². The predicted octanol–water partition coefficient (Wildman–Crippen LogP) is 6.48. The Morgan fingerprint density at radius 3 is 2.67 bits per heavy atom. The molecule has 0 fully saturated rings. The summed E-state index contributed by atoms with van der Waals surface area (Å²) >= 11 is 0. The first-order valence-electron chi connectivity index (χ1n) is 12.4. The lowest BCUT2D eigenvalue weighted by molar-refractivity contribution is -0.143. The number of aliphatic hydroxyl groups is 1. The van der Waals surface area contributed by atoms with Crippen LogP contribution in [0.25, 0.3) is 22.3 Å². The van der Waals surface area contributed by atoms with E-state index in [4.69, 9.17) is 9.47 Å². The number of hydrogen-bond donors (Lipinski definition) is 3. The number of imidazole rings is 1. The molecule has 0 spiro atoms. The number of carbonyl (C=O) groups excluding carboxylic acids is 1. The Labute approximate surface area is 225 Å². The van der Waals surface area contributed by atoms with Gasteiger partial charge in [0.25, 0.3) is 0 Å². The van der Waals surface area contributed by atoms with Crippen molar-refractivity contribution < 1.29 is 36.9 Å². The minimum Gasteiger partial charge on any atom is -0.466 e. The van der Waals surface area contributed by atoms with Gasteiger partial charge in [0.1, 0.15) is 23.5 Å². The highest BCUT2D eigenvalue weighted by Gasteiger charge is 2.24. The van der Waals surface area contributed by atoms with Crippen LogP contribution >= 0.6 is 0 Å². The topological polar surface area (TPSA) is 100 Å². The molecule has 2 heterocycles. The molecule has 0 aliphatic rings. The molecule has 0 saturated carbocycles. The standard InChI is InChI=1S/C29H23F4N3O4/c1-2-39-22(37)9-6-15-4-3-5-16(12-15)27(38)21-14-35-29(36-21)19-13-17(7-8-20(19)30)40-28-23(31)18-10-11-34-26(18)24(32)25(28)33/h3-5,7-8,10-14,27,34,38H,2,6,9H2,1H3,(H,35,36). The van der Waals surface area contributed by atoms with E-state index in [2.05, 4.69) is 15.0 Å². The molecule has 0 radical (unpaired) electrons. The van der Waals surface area contributed by atoms with Crippen LogP contribution < -0.4 is 4.74 Å². The van der Waals surface area contributed by atoms with Gasteiger partial charge in [-0.05, 0) is 48.7 Å². The highest BCUT2D eigenvalue weighted by molar-refractivity contribution is 5.82. The first-order valence-corrected chi connectivity index (χ1v) is 12.4. The fourth-order valence-corrected chi connectivity index (χ4v) is 4.31. The van der Waals surface area contributed by atoms with Gasteiger partial charge in [0.2, 0.25) is 11.6 Å². The Bertz CT molecular complexity index is 1700. The number of aromatic nitrogens is 3. The number of H-pyrrole nitrogens is 2. The van der Waals surface area contributed by atoms with Gasteiger partial charge >= 0.3 is 5.97 Å². The van der Waals surface area contributed by atoms with Gasteiger partial charge < -0.3 is 24.5 Å². The number of carbonyl (C=O) groups is 1. The Hall–Kier alpha value is -4.64. The van der Waals surface area contributed by atoms with E-state index in [-0.39, 0.29) is 46.1 Å². The quantitative estimate of drug-likeness (QED) is 0.110. The van der Waals surface area contributed by atoms with Crippen molar-refractivity contribution >= 4 is 16.9 Å². The average Bonchev–Trinajstić information content (AvgIpc) is 3.65. The van der Waals surface area contributed by atoms with Crippen LogP contribution in [0.5, 0.6) is 11.5 Å². The lowest BCUT2D eigenvalue weighted by Crippen LogP contribution is -2.06. The number of aromatic amines is 2. The summed E-state index contributed by atoms with van der Waals surface area (Å²) in [5, 5.41) is 10.7.